The lowest BCUT2D eigenvalue weighted by Gasteiger charge is -2.43. The first-order valence-electron chi connectivity index (χ1n) is 10.2. The zero-order chi connectivity index (χ0) is 19.2. The Morgan fingerprint density at radius 1 is 1.11 bits per heavy atom. The van der Waals surface area contributed by atoms with Crippen molar-refractivity contribution >= 4 is 5.91 Å². The van der Waals surface area contributed by atoms with Gasteiger partial charge < -0.3 is 14.5 Å². The molecule has 0 saturated carbocycles. The molecule has 4 rings (SSSR count). The van der Waals surface area contributed by atoms with E-state index in [-0.39, 0.29) is 18.1 Å². The number of benzene rings is 1. The highest BCUT2D eigenvalue weighted by Crippen LogP contribution is 2.31. The monoisotopic (exact) mass is 380 g/mol. The molecule has 2 atom stereocenters. The normalized spacial score (nSPS) is 23.1. The largest absolute Gasteiger partial charge is 0.373 e. The summed E-state index contributed by atoms with van der Waals surface area (Å²) >= 11 is 0. The van der Waals surface area contributed by atoms with Crippen molar-refractivity contribution in [2.24, 2.45) is 0 Å². The molecular formula is C22H28N4O2. The lowest BCUT2D eigenvalue weighted by molar-refractivity contribution is -0.148. The summed E-state index contributed by atoms with van der Waals surface area (Å²) in [4.78, 5) is 26.0. The number of carbonyl (C=O) groups excluding carboxylic acids is 1. The maximum absolute atomic E-state index is 13.1. The lowest BCUT2D eigenvalue weighted by Crippen LogP contribution is -2.51. The Balaban J connectivity index is 1.50. The van der Waals surface area contributed by atoms with Crippen molar-refractivity contribution in [1.82, 2.24) is 19.8 Å². The van der Waals surface area contributed by atoms with Crippen molar-refractivity contribution in [1.29, 1.82) is 0 Å². The van der Waals surface area contributed by atoms with E-state index in [1.807, 2.05) is 23.1 Å². The molecule has 1 amide bonds. The molecule has 0 unspecified atom stereocenters. The van der Waals surface area contributed by atoms with Gasteiger partial charge in [0.1, 0.15) is 0 Å². The first kappa shape index (κ1) is 19.0. The van der Waals surface area contributed by atoms with Gasteiger partial charge in [-0.1, -0.05) is 30.3 Å². The Morgan fingerprint density at radius 3 is 2.68 bits per heavy atom. The molecule has 148 valence electrons. The third-order valence-corrected chi connectivity index (χ3v) is 5.66. The van der Waals surface area contributed by atoms with Crippen LogP contribution in [0, 0.1) is 0 Å². The predicted molar refractivity (Wildman–Crippen MR) is 107 cm³/mol. The summed E-state index contributed by atoms with van der Waals surface area (Å²) < 4.78 is 6.19. The zero-order valence-electron chi connectivity index (χ0n) is 16.2. The van der Waals surface area contributed by atoms with Gasteiger partial charge in [0, 0.05) is 38.1 Å². The molecule has 2 fully saturated rings. The van der Waals surface area contributed by atoms with Crippen LogP contribution >= 0.6 is 0 Å². The van der Waals surface area contributed by atoms with Crippen molar-refractivity contribution in [3.05, 3.63) is 60.2 Å². The molecule has 0 spiro atoms. The van der Waals surface area contributed by atoms with E-state index >= 15 is 0 Å². The molecule has 6 heteroatoms. The van der Waals surface area contributed by atoms with Gasteiger partial charge in [-0.15, -0.1) is 0 Å². The van der Waals surface area contributed by atoms with Gasteiger partial charge in [0.05, 0.1) is 24.4 Å². The Labute approximate surface area is 166 Å². The zero-order valence-corrected chi connectivity index (χ0v) is 16.2. The number of likely N-dealkylation sites (tertiary alicyclic amines) is 1. The minimum Gasteiger partial charge on any atom is -0.373 e. The average Bonchev–Trinajstić information content (AvgIpc) is 3.26. The molecule has 2 aromatic rings. The van der Waals surface area contributed by atoms with Gasteiger partial charge in [0.25, 0.3) is 0 Å². The predicted octanol–water partition coefficient (Wildman–Crippen LogP) is 2.47. The van der Waals surface area contributed by atoms with Gasteiger partial charge in [-0.05, 0) is 37.9 Å². The van der Waals surface area contributed by atoms with Gasteiger partial charge in [-0.2, -0.15) is 0 Å². The second-order valence-corrected chi connectivity index (χ2v) is 7.56. The van der Waals surface area contributed by atoms with Crippen LogP contribution in [0.3, 0.4) is 0 Å². The van der Waals surface area contributed by atoms with Crippen LogP contribution in [0.5, 0.6) is 0 Å². The Kier molecular flexibility index (Phi) is 6.29. The number of morpholine rings is 1. The molecule has 1 aromatic heterocycles. The number of aromatic nitrogens is 2. The molecule has 0 radical (unpaired) electrons. The first-order chi connectivity index (χ1) is 13.8. The van der Waals surface area contributed by atoms with Crippen LogP contribution in [-0.4, -0.2) is 64.6 Å². The average molecular weight is 380 g/mol. The molecule has 0 aliphatic carbocycles. The molecule has 28 heavy (non-hydrogen) atoms. The topological polar surface area (TPSA) is 58.6 Å². The Bertz CT molecular complexity index is 750. The molecule has 1 aromatic carbocycles. The van der Waals surface area contributed by atoms with Crippen LogP contribution in [0.2, 0.25) is 0 Å². The number of aryl methyl sites for hydroxylation is 1. The van der Waals surface area contributed by atoms with E-state index in [4.69, 9.17) is 4.74 Å². The van der Waals surface area contributed by atoms with Crippen LogP contribution < -0.4 is 0 Å². The Hall–Kier alpha value is -2.31. The number of rotatable bonds is 6. The third-order valence-electron chi connectivity index (χ3n) is 5.66. The van der Waals surface area contributed by atoms with Gasteiger partial charge in [0.2, 0.25) is 5.91 Å². The summed E-state index contributed by atoms with van der Waals surface area (Å²) in [5.74, 6) is 0.161. The lowest BCUT2D eigenvalue weighted by atomic mass is 9.96. The highest BCUT2D eigenvalue weighted by molar-refractivity contribution is 5.77. The highest BCUT2D eigenvalue weighted by Gasteiger charge is 2.37. The van der Waals surface area contributed by atoms with Crippen LogP contribution in [0.4, 0.5) is 0 Å². The van der Waals surface area contributed by atoms with Crippen LogP contribution in [0.15, 0.2) is 48.9 Å². The summed E-state index contributed by atoms with van der Waals surface area (Å²) in [6.07, 6.45) is 8.63. The van der Waals surface area contributed by atoms with E-state index in [1.54, 1.807) is 18.6 Å². The van der Waals surface area contributed by atoms with E-state index in [9.17, 15) is 4.79 Å². The fourth-order valence-electron chi connectivity index (χ4n) is 4.27. The van der Waals surface area contributed by atoms with Gasteiger partial charge >= 0.3 is 0 Å². The first-order valence-corrected chi connectivity index (χ1v) is 10.2. The molecule has 2 saturated heterocycles. The maximum Gasteiger partial charge on any atom is 0.223 e. The van der Waals surface area contributed by atoms with Crippen molar-refractivity contribution < 1.29 is 9.53 Å². The molecule has 6 nitrogen and oxygen atoms in total. The minimum atomic E-state index is -0.0371. The number of ether oxygens (including phenoxy) is 1. The second-order valence-electron chi connectivity index (χ2n) is 7.56. The fourth-order valence-corrected chi connectivity index (χ4v) is 4.27. The maximum atomic E-state index is 13.1. The summed E-state index contributed by atoms with van der Waals surface area (Å²) in [6, 6.07) is 10.3. The molecule has 2 aliphatic rings. The Morgan fingerprint density at radius 2 is 1.93 bits per heavy atom. The van der Waals surface area contributed by atoms with Crippen LogP contribution in [0.1, 0.15) is 36.6 Å². The molecular weight excluding hydrogens is 352 g/mol. The number of nitrogens with zero attached hydrogens (tertiary/aromatic N) is 4. The summed E-state index contributed by atoms with van der Waals surface area (Å²) in [6.45, 7) is 4.37. The third kappa shape index (κ3) is 4.56. The quantitative estimate of drug-likeness (QED) is 0.771. The van der Waals surface area contributed by atoms with E-state index in [2.05, 4.69) is 27.0 Å². The summed E-state index contributed by atoms with van der Waals surface area (Å²) in [7, 11) is 0. The standard InChI is InChI=1S/C22H28N4O2/c27-21(9-8-19-16-23-10-11-24-19)26-14-15-28-20(17-25-12-4-5-13-25)22(26)18-6-2-1-3-7-18/h1-3,6-7,10-11,16,20,22H,4-5,8-9,12-15,17H2/t20-,22-/m0/s1. The van der Waals surface area contributed by atoms with E-state index in [0.29, 0.717) is 26.0 Å². The van der Waals surface area contributed by atoms with Crippen LogP contribution in [-0.2, 0) is 16.0 Å². The van der Waals surface area contributed by atoms with Crippen molar-refractivity contribution in [2.75, 3.05) is 32.8 Å². The molecule has 2 aliphatic heterocycles. The van der Waals surface area contributed by atoms with E-state index in [0.717, 1.165) is 30.9 Å². The molecule has 0 N–H and O–H groups in total. The summed E-state index contributed by atoms with van der Waals surface area (Å²) in [5, 5.41) is 0. The minimum absolute atomic E-state index is 0.00900. The van der Waals surface area contributed by atoms with Gasteiger partial charge in [-0.3, -0.25) is 14.8 Å². The smallest absolute Gasteiger partial charge is 0.223 e. The van der Waals surface area contributed by atoms with Gasteiger partial charge in [0.15, 0.2) is 0 Å². The van der Waals surface area contributed by atoms with Crippen molar-refractivity contribution in [2.45, 2.75) is 37.8 Å². The molecule has 3 heterocycles. The van der Waals surface area contributed by atoms with Crippen LogP contribution in [0.25, 0.3) is 0 Å². The SMILES string of the molecule is O=C(CCc1cnccn1)N1CCO[C@@H](CN2CCCC2)[C@@H]1c1ccccc1. The number of hydrogen-bond acceptors (Lipinski definition) is 5. The number of carbonyl (C=O) groups is 1. The highest BCUT2D eigenvalue weighted by atomic mass is 16.5. The number of amides is 1. The van der Waals surface area contributed by atoms with E-state index in [1.165, 1.54) is 12.8 Å². The van der Waals surface area contributed by atoms with E-state index < -0.39 is 0 Å². The summed E-state index contributed by atoms with van der Waals surface area (Å²) in [5.41, 5.74) is 2.01. The fraction of sp³-hybridized carbons (Fsp3) is 0.500. The van der Waals surface area contributed by atoms with Crippen molar-refractivity contribution in [3.63, 3.8) is 0 Å². The molecule has 0 bridgehead atoms. The number of hydrogen-bond donors (Lipinski definition) is 0. The second kappa shape index (κ2) is 9.26. The van der Waals surface area contributed by atoms with Crippen molar-refractivity contribution in [3.8, 4) is 0 Å². The van der Waals surface area contributed by atoms with Gasteiger partial charge in [-0.25, -0.2) is 0 Å².